The van der Waals surface area contributed by atoms with Crippen LogP contribution in [0.15, 0.2) is 46.4 Å². The van der Waals surface area contributed by atoms with Gasteiger partial charge in [0, 0.05) is 67.2 Å². The van der Waals surface area contributed by atoms with Gasteiger partial charge in [0.1, 0.15) is 5.75 Å². The molecule has 1 aliphatic rings. The highest BCUT2D eigenvalue weighted by Crippen LogP contribution is 2.38. The van der Waals surface area contributed by atoms with Crippen LogP contribution in [0.1, 0.15) is 51.0 Å². The number of aromatic nitrogens is 2. The van der Waals surface area contributed by atoms with Gasteiger partial charge in [-0.25, -0.2) is 19.6 Å². The maximum absolute atomic E-state index is 13.0. The smallest absolute Gasteiger partial charge is 0.414 e. The molecule has 44 heavy (non-hydrogen) atoms. The summed E-state index contributed by atoms with van der Waals surface area (Å²) in [5.74, 6) is -0.723. The Morgan fingerprint density at radius 1 is 1.00 bits per heavy atom. The summed E-state index contributed by atoms with van der Waals surface area (Å²) in [6.45, 7) is 7.58. The molecule has 11 nitrogen and oxygen atoms in total. The second kappa shape index (κ2) is 13.2. The fraction of sp³-hybridized carbons (Fsp3) is 0.387. The minimum Gasteiger partial charge on any atom is -0.464 e. The van der Waals surface area contributed by atoms with Gasteiger partial charge >= 0.3 is 12.1 Å². The van der Waals surface area contributed by atoms with E-state index >= 15 is 0 Å². The summed E-state index contributed by atoms with van der Waals surface area (Å²) in [5.41, 5.74) is 1.26. The Morgan fingerprint density at radius 2 is 1.70 bits per heavy atom. The Bertz CT molecular complexity index is 1720. The molecule has 0 bridgehead atoms. The number of benzene rings is 1. The molecule has 232 valence electrons. The van der Waals surface area contributed by atoms with Gasteiger partial charge in [-0.15, -0.1) is 22.7 Å². The van der Waals surface area contributed by atoms with Gasteiger partial charge in [0.05, 0.1) is 17.3 Å². The van der Waals surface area contributed by atoms with E-state index in [0.29, 0.717) is 57.5 Å². The first-order valence-electron chi connectivity index (χ1n) is 13.8. The number of esters is 1. The van der Waals surface area contributed by atoms with E-state index in [9.17, 15) is 24.0 Å². The fourth-order valence-electron chi connectivity index (χ4n) is 4.85. The number of ether oxygens (including phenoxy) is 2. The molecule has 0 saturated carbocycles. The van der Waals surface area contributed by atoms with Gasteiger partial charge in [0.2, 0.25) is 5.91 Å². The lowest BCUT2D eigenvalue weighted by atomic mass is 9.72. The van der Waals surface area contributed by atoms with Crippen molar-refractivity contribution < 1.29 is 33.4 Å². The van der Waals surface area contributed by atoms with Crippen molar-refractivity contribution in [2.75, 3.05) is 34.3 Å². The van der Waals surface area contributed by atoms with Crippen molar-refractivity contribution in [2.24, 2.45) is 5.41 Å². The van der Waals surface area contributed by atoms with E-state index < -0.39 is 17.5 Å². The average molecular weight is 639 g/mol. The van der Waals surface area contributed by atoms with E-state index in [1.165, 1.54) is 40.8 Å². The Morgan fingerprint density at radius 3 is 2.41 bits per heavy atom. The Balaban J connectivity index is 1.29. The normalized spacial score (nSPS) is 13.7. The maximum atomic E-state index is 13.0. The topological polar surface area (TPSA) is 136 Å². The lowest BCUT2D eigenvalue weighted by molar-refractivity contribution is -0.131. The van der Waals surface area contributed by atoms with E-state index in [4.69, 9.17) is 9.47 Å². The molecule has 0 fully saturated rings. The van der Waals surface area contributed by atoms with Gasteiger partial charge in [-0.1, -0.05) is 13.8 Å². The second-order valence-electron chi connectivity index (χ2n) is 11.2. The van der Waals surface area contributed by atoms with E-state index in [1.54, 1.807) is 70.3 Å². The van der Waals surface area contributed by atoms with Crippen molar-refractivity contribution >= 4 is 62.4 Å². The van der Waals surface area contributed by atoms with Gasteiger partial charge in [0.25, 0.3) is 0 Å². The lowest BCUT2D eigenvalue weighted by Crippen LogP contribution is -2.37. The molecule has 0 unspecified atom stereocenters. The van der Waals surface area contributed by atoms with E-state index in [1.807, 2.05) is 0 Å². The molecule has 0 radical (unpaired) electrons. The summed E-state index contributed by atoms with van der Waals surface area (Å²) in [6.07, 6.45) is 1.37. The Hall–Kier alpha value is -4.23. The molecule has 2 amide bonds. The first kappa shape index (κ1) is 32.7. The van der Waals surface area contributed by atoms with Crippen molar-refractivity contribution in [2.45, 2.75) is 40.5 Å². The van der Waals surface area contributed by atoms with E-state index in [2.05, 4.69) is 9.97 Å². The largest absolute Gasteiger partial charge is 0.464 e. The number of carbonyl (C=O) groups is 5. The molecule has 1 aromatic carbocycles. The summed E-state index contributed by atoms with van der Waals surface area (Å²) >= 11 is 2.66. The summed E-state index contributed by atoms with van der Waals surface area (Å²) in [5, 5.41) is 2.85. The summed E-state index contributed by atoms with van der Waals surface area (Å²) < 4.78 is 11.1. The number of Topliss-reactive ketones (excluding diaryl/α,β-unsaturated/α-hetero) is 1. The van der Waals surface area contributed by atoms with Crippen LogP contribution in [0.5, 0.6) is 5.75 Å². The number of hydrogen-bond donors (Lipinski definition) is 0. The van der Waals surface area contributed by atoms with Crippen molar-refractivity contribution in [3.8, 4) is 15.8 Å². The van der Waals surface area contributed by atoms with E-state index in [-0.39, 0.29) is 29.6 Å². The fourth-order valence-corrected chi connectivity index (χ4v) is 6.67. The van der Waals surface area contributed by atoms with Crippen LogP contribution in [-0.4, -0.2) is 83.6 Å². The molecule has 0 atom stereocenters. The van der Waals surface area contributed by atoms with Gasteiger partial charge in [-0.05, 0) is 38.5 Å². The van der Waals surface area contributed by atoms with Crippen LogP contribution < -0.4 is 4.74 Å². The SMILES string of the molecule is COC(=O)c1csc(-c2nc3ccc(OC(=O)N(C)CCCN(C)C(=O)CC(C)(C)C4=C(C)C(=O)C=C(C)C4=O)cc3s2)n1. The monoisotopic (exact) mass is 638 g/mol. The van der Waals surface area contributed by atoms with Gasteiger partial charge < -0.3 is 19.3 Å². The van der Waals surface area contributed by atoms with Crippen LogP contribution in [0.25, 0.3) is 20.2 Å². The van der Waals surface area contributed by atoms with Crippen LogP contribution in [0.3, 0.4) is 0 Å². The first-order valence-corrected chi connectivity index (χ1v) is 15.5. The Labute approximate surface area is 263 Å². The number of methoxy groups -OCH3 is 1. The molecule has 13 heteroatoms. The zero-order valence-electron chi connectivity index (χ0n) is 25.7. The number of rotatable bonds is 10. The van der Waals surface area contributed by atoms with Crippen LogP contribution in [0.4, 0.5) is 4.79 Å². The van der Waals surface area contributed by atoms with Crippen molar-refractivity contribution in [1.29, 1.82) is 0 Å². The number of ketones is 2. The van der Waals surface area contributed by atoms with Gasteiger partial charge in [-0.3, -0.25) is 14.4 Å². The van der Waals surface area contributed by atoms with Gasteiger partial charge in [0.15, 0.2) is 27.3 Å². The highest BCUT2D eigenvalue weighted by atomic mass is 32.1. The second-order valence-corrected chi connectivity index (χ2v) is 13.1. The predicted molar refractivity (Wildman–Crippen MR) is 168 cm³/mol. The van der Waals surface area contributed by atoms with Crippen LogP contribution in [0, 0.1) is 5.41 Å². The molecule has 0 N–H and O–H groups in total. The lowest BCUT2D eigenvalue weighted by Gasteiger charge is -2.32. The maximum Gasteiger partial charge on any atom is 0.414 e. The van der Waals surface area contributed by atoms with Crippen LogP contribution in [0.2, 0.25) is 0 Å². The quantitative estimate of drug-likeness (QED) is 0.214. The molecule has 0 saturated heterocycles. The number of nitrogens with zero attached hydrogens (tertiary/aromatic N) is 4. The molecule has 4 rings (SSSR count). The molecule has 2 heterocycles. The van der Waals surface area contributed by atoms with Crippen molar-refractivity contribution in [1.82, 2.24) is 19.8 Å². The predicted octanol–water partition coefficient (Wildman–Crippen LogP) is 5.32. The highest BCUT2D eigenvalue weighted by molar-refractivity contribution is 7.25. The number of allylic oxidation sites excluding steroid dienone is 4. The minimum atomic E-state index is -0.815. The third-order valence-corrected chi connectivity index (χ3v) is 9.32. The molecular formula is C31H34N4O7S2. The minimum absolute atomic E-state index is 0.0666. The van der Waals surface area contributed by atoms with Crippen LogP contribution >= 0.6 is 22.7 Å². The Kier molecular flexibility index (Phi) is 9.79. The number of amides is 2. The molecule has 0 aliphatic heterocycles. The standard InChI is InChI=1S/C31H34N4O7S2/c1-17-13-22(36)18(2)25(26(17)38)31(3,4)15-24(37)34(5)11-8-12-35(6)30(40)42-19-9-10-20-23(14-19)44-28(32-20)27-33-21(16-43-27)29(39)41-7/h9-10,13-14,16H,8,11-12,15H2,1-7H3. The third-order valence-electron chi connectivity index (χ3n) is 7.32. The zero-order valence-corrected chi connectivity index (χ0v) is 27.3. The highest BCUT2D eigenvalue weighted by Gasteiger charge is 2.37. The van der Waals surface area contributed by atoms with E-state index in [0.717, 1.165) is 4.70 Å². The molecule has 2 aromatic heterocycles. The molecule has 0 spiro atoms. The number of thiazole rings is 2. The summed E-state index contributed by atoms with van der Waals surface area (Å²) in [6, 6.07) is 5.14. The van der Waals surface area contributed by atoms with Gasteiger partial charge in [-0.2, -0.15) is 0 Å². The summed E-state index contributed by atoms with van der Waals surface area (Å²) in [7, 11) is 4.60. The number of fused-ring (bicyclic) bond motifs is 1. The zero-order chi connectivity index (χ0) is 32.3. The molecule has 1 aliphatic carbocycles. The third kappa shape index (κ3) is 7.11. The van der Waals surface area contributed by atoms with Crippen molar-refractivity contribution in [3.63, 3.8) is 0 Å². The average Bonchev–Trinajstić information content (AvgIpc) is 3.62. The number of hydrogen-bond acceptors (Lipinski definition) is 11. The van der Waals surface area contributed by atoms with Crippen molar-refractivity contribution in [3.05, 3.63) is 52.1 Å². The van der Waals surface area contributed by atoms with Crippen LogP contribution in [-0.2, 0) is 19.1 Å². The molecule has 3 aromatic rings. The summed E-state index contributed by atoms with van der Waals surface area (Å²) in [4.78, 5) is 74.5. The first-order chi connectivity index (χ1) is 20.7. The molecular weight excluding hydrogens is 604 g/mol. The number of carbonyl (C=O) groups excluding carboxylic acids is 5.